The predicted octanol–water partition coefficient (Wildman–Crippen LogP) is 3.31. The van der Waals surface area contributed by atoms with Gasteiger partial charge in [-0.25, -0.2) is 0 Å². The van der Waals surface area contributed by atoms with E-state index < -0.39 is 0 Å². The molecule has 0 saturated carbocycles. The first-order valence-corrected chi connectivity index (χ1v) is 5.18. The van der Waals surface area contributed by atoms with E-state index in [-0.39, 0.29) is 0 Å². The molecule has 0 spiro atoms. The molecule has 0 saturated heterocycles. The molecule has 0 aromatic rings. The molecule has 0 N–H and O–H groups in total. The summed E-state index contributed by atoms with van der Waals surface area (Å²) in [5.41, 5.74) is 0. The normalized spacial score (nSPS) is 14.3. The van der Waals surface area contributed by atoms with Crippen molar-refractivity contribution in [2.75, 3.05) is 11.6 Å². The van der Waals surface area contributed by atoms with Crippen molar-refractivity contribution >= 4 is 23.4 Å². The molecule has 0 fully saturated rings. The van der Waals surface area contributed by atoms with Crippen LogP contribution in [0, 0.1) is 0 Å². The van der Waals surface area contributed by atoms with E-state index in [9.17, 15) is 0 Å². The van der Waals surface area contributed by atoms with Gasteiger partial charge in [-0.2, -0.15) is 11.8 Å². The monoisotopic (exact) mass is 178 g/mol. The highest BCUT2D eigenvalue weighted by molar-refractivity contribution is 8.00. The summed E-state index contributed by atoms with van der Waals surface area (Å²) in [6.45, 7) is 4.27. The summed E-state index contributed by atoms with van der Waals surface area (Å²) in [7, 11) is 0. The van der Waals surface area contributed by atoms with E-state index in [1.807, 2.05) is 18.7 Å². The number of halogens is 1. The first-order chi connectivity index (χ1) is 4.81. The quantitative estimate of drug-likeness (QED) is 0.460. The van der Waals surface area contributed by atoms with Gasteiger partial charge in [0.05, 0.1) is 0 Å². The Bertz CT molecular complexity index is 91.3. The van der Waals surface area contributed by atoms with E-state index in [1.165, 1.54) is 0 Å². The van der Waals surface area contributed by atoms with Crippen molar-refractivity contribution < 1.29 is 0 Å². The third-order valence-corrected chi connectivity index (χ3v) is 2.64. The molecular formula is C8H15ClS. The van der Waals surface area contributed by atoms with Crippen molar-refractivity contribution in [2.24, 2.45) is 0 Å². The van der Waals surface area contributed by atoms with Crippen molar-refractivity contribution in [3.05, 3.63) is 12.2 Å². The van der Waals surface area contributed by atoms with Crippen LogP contribution in [0.4, 0.5) is 0 Å². The second-order valence-corrected chi connectivity index (χ2v) is 4.04. The number of hydrogen-bond donors (Lipinski definition) is 0. The minimum Gasteiger partial charge on any atom is -0.155 e. The number of allylic oxidation sites excluding steroid dienone is 1. The van der Waals surface area contributed by atoms with Gasteiger partial charge in [-0.1, -0.05) is 19.1 Å². The summed E-state index contributed by atoms with van der Waals surface area (Å²) < 4.78 is 0. The van der Waals surface area contributed by atoms with Gasteiger partial charge in [0.15, 0.2) is 0 Å². The van der Waals surface area contributed by atoms with E-state index in [0.717, 1.165) is 18.1 Å². The van der Waals surface area contributed by atoms with Gasteiger partial charge in [-0.3, -0.25) is 0 Å². The summed E-state index contributed by atoms with van der Waals surface area (Å²) in [4.78, 5) is 0. The molecule has 0 nitrogen and oxygen atoms in total. The summed E-state index contributed by atoms with van der Waals surface area (Å²) >= 11 is 7.53. The lowest BCUT2D eigenvalue weighted by atomic mass is 10.4. The molecule has 2 heteroatoms. The summed E-state index contributed by atoms with van der Waals surface area (Å²) in [6.07, 6.45) is 5.37. The van der Waals surface area contributed by atoms with Crippen LogP contribution in [-0.4, -0.2) is 16.9 Å². The molecule has 0 aliphatic rings. The molecule has 0 heterocycles. The Morgan fingerprint density at radius 2 is 2.30 bits per heavy atom. The van der Waals surface area contributed by atoms with E-state index in [4.69, 9.17) is 11.6 Å². The smallest absolute Gasteiger partial charge is 0.0233 e. The van der Waals surface area contributed by atoms with E-state index in [1.54, 1.807) is 0 Å². The SMILES string of the molecule is C/C=C/CSC(C)CCCl. The number of rotatable bonds is 5. The largest absolute Gasteiger partial charge is 0.155 e. The highest BCUT2D eigenvalue weighted by atomic mass is 35.5. The molecule has 0 rings (SSSR count). The topological polar surface area (TPSA) is 0 Å². The molecule has 0 aromatic heterocycles. The van der Waals surface area contributed by atoms with Crippen molar-refractivity contribution in [3.63, 3.8) is 0 Å². The van der Waals surface area contributed by atoms with Gasteiger partial charge >= 0.3 is 0 Å². The van der Waals surface area contributed by atoms with E-state index >= 15 is 0 Å². The van der Waals surface area contributed by atoms with Crippen LogP contribution in [0.3, 0.4) is 0 Å². The fraction of sp³-hybridized carbons (Fsp3) is 0.750. The molecular weight excluding hydrogens is 164 g/mol. The fourth-order valence-corrected chi connectivity index (χ4v) is 1.93. The summed E-state index contributed by atoms with van der Waals surface area (Å²) in [5, 5.41) is 0.702. The van der Waals surface area contributed by atoms with Crippen molar-refractivity contribution in [2.45, 2.75) is 25.5 Å². The maximum absolute atomic E-state index is 5.58. The minimum atomic E-state index is 0.702. The Morgan fingerprint density at radius 3 is 2.80 bits per heavy atom. The van der Waals surface area contributed by atoms with Crippen LogP contribution >= 0.6 is 23.4 Å². The summed E-state index contributed by atoms with van der Waals surface area (Å²) in [6, 6.07) is 0. The maximum atomic E-state index is 5.58. The Kier molecular flexibility index (Phi) is 7.77. The van der Waals surface area contributed by atoms with Gasteiger partial charge in [0.2, 0.25) is 0 Å². The average Bonchev–Trinajstić information content (AvgIpc) is 1.89. The van der Waals surface area contributed by atoms with E-state index in [0.29, 0.717) is 5.25 Å². The third-order valence-electron chi connectivity index (χ3n) is 1.23. The average molecular weight is 179 g/mol. The molecule has 0 aliphatic heterocycles. The second-order valence-electron chi connectivity index (χ2n) is 2.19. The highest BCUT2D eigenvalue weighted by Crippen LogP contribution is 2.14. The minimum absolute atomic E-state index is 0.702. The maximum Gasteiger partial charge on any atom is 0.0233 e. The fourth-order valence-electron chi connectivity index (χ4n) is 0.553. The van der Waals surface area contributed by atoms with Crippen molar-refractivity contribution in [1.82, 2.24) is 0 Å². The lowest BCUT2D eigenvalue weighted by Gasteiger charge is -2.05. The molecule has 1 unspecified atom stereocenters. The van der Waals surface area contributed by atoms with Gasteiger partial charge in [0, 0.05) is 16.9 Å². The number of hydrogen-bond acceptors (Lipinski definition) is 1. The van der Waals surface area contributed by atoms with Crippen LogP contribution in [0.2, 0.25) is 0 Å². The summed E-state index contributed by atoms with van der Waals surface area (Å²) in [5.74, 6) is 1.90. The standard InChI is InChI=1S/C8H15ClS/c1-3-4-7-10-8(2)5-6-9/h3-4,8H,5-7H2,1-2H3/b4-3+. The highest BCUT2D eigenvalue weighted by Gasteiger charge is 1.97. The zero-order valence-corrected chi connectivity index (χ0v) is 8.21. The molecule has 0 bridgehead atoms. The number of alkyl halides is 1. The first-order valence-electron chi connectivity index (χ1n) is 3.60. The first kappa shape index (κ1) is 10.4. The Morgan fingerprint density at radius 1 is 1.60 bits per heavy atom. The van der Waals surface area contributed by atoms with Gasteiger partial charge in [0.25, 0.3) is 0 Å². The molecule has 0 aromatic carbocycles. The van der Waals surface area contributed by atoms with Crippen molar-refractivity contribution in [1.29, 1.82) is 0 Å². The van der Waals surface area contributed by atoms with Gasteiger partial charge in [0.1, 0.15) is 0 Å². The molecule has 0 aliphatic carbocycles. The van der Waals surface area contributed by atoms with Gasteiger partial charge in [-0.05, 0) is 13.3 Å². The number of thioether (sulfide) groups is 1. The molecule has 10 heavy (non-hydrogen) atoms. The molecule has 0 radical (unpaired) electrons. The van der Waals surface area contributed by atoms with Crippen LogP contribution in [0.25, 0.3) is 0 Å². The van der Waals surface area contributed by atoms with Crippen LogP contribution in [0.15, 0.2) is 12.2 Å². The van der Waals surface area contributed by atoms with Crippen LogP contribution in [-0.2, 0) is 0 Å². The zero-order valence-electron chi connectivity index (χ0n) is 6.64. The van der Waals surface area contributed by atoms with Crippen molar-refractivity contribution in [3.8, 4) is 0 Å². The zero-order chi connectivity index (χ0) is 7.82. The van der Waals surface area contributed by atoms with Crippen LogP contribution in [0.5, 0.6) is 0 Å². The lowest BCUT2D eigenvalue weighted by molar-refractivity contribution is 0.914. The van der Waals surface area contributed by atoms with Gasteiger partial charge in [-0.15, -0.1) is 11.6 Å². The Hall–Kier alpha value is 0.380. The molecule has 1 atom stereocenters. The second kappa shape index (κ2) is 7.49. The van der Waals surface area contributed by atoms with Crippen LogP contribution < -0.4 is 0 Å². The van der Waals surface area contributed by atoms with E-state index in [2.05, 4.69) is 19.1 Å². The van der Waals surface area contributed by atoms with Gasteiger partial charge < -0.3 is 0 Å². The Labute approximate surface area is 73.0 Å². The predicted molar refractivity (Wildman–Crippen MR) is 52.1 cm³/mol. The third kappa shape index (κ3) is 6.50. The van der Waals surface area contributed by atoms with Crippen LogP contribution in [0.1, 0.15) is 20.3 Å². The molecule has 0 amide bonds. The molecule has 60 valence electrons. The Balaban J connectivity index is 3.12. The lowest BCUT2D eigenvalue weighted by Crippen LogP contribution is -1.96.